The van der Waals surface area contributed by atoms with Crippen LogP contribution in [-0.2, 0) is 19.4 Å². The third kappa shape index (κ3) is 4.34. The van der Waals surface area contributed by atoms with Crippen molar-refractivity contribution >= 4 is 28.2 Å². The summed E-state index contributed by atoms with van der Waals surface area (Å²) in [5.41, 5.74) is 9.19. The second kappa shape index (κ2) is 8.55. The quantitative estimate of drug-likeness (QED) is 0.592. The second-order valence-corrected chi connectivity index (χ2v) is 9.10. The molecule has 0 fully saturated rings. The molecule has 31 heavy (non-hydrogen) atoms. The Morgan fingerprint density at radius 2 is 2.16 bits per heavy atom. The zero-order chi connectivity index (χ0) is 22.1. The highest BCUT2D eigenvalue weighted by molar-refractivity contribution is 7.17. The van der Waals surface area contributed by atoms with E-state index in [2.05, 4.69) is 17.4 Å². The molecule has 3 N–H and O–H groups in total. The molecule has 0 saturated heterocycles. The van der Waals surface area contributed by atoms with Crippen LogP contribution < -0.4 is 15.8 Å². The smallest absolute Gasteiger partial charge is 0.256 e. The molecule has 1 aliphatic carbocycles. The van der Waals surface area contributed by atoms with E-state index < -0.39 is 5.91 Å². The molecule has 1 atom stereocenters. The molecule has 1 unspecified atom stereocenters. The van der Waals surface area contributed by atoms with Gasteiger partial charge in [0.2, 0.25) is 0 Å². The van der Waals surface area contributed by atoms with E-state index in [0.29, 0.717) is 40.2 Å². The molecule has 8 heteroatoms. The Labute approximate surface area is 184 Å². The summed E-state index contributed by atoms with van der Waals surface area (Å²) in [6.45, 7) is 6.18. The lowest BCUT2D eigenvalue weighted by Gasteiger charge is -2.18. The number of aromatic nitrogens is 1. The molecule has 4 rings (SSSR count). The molecule has 0 aliphatic heterocycles. The van der Waals surface area contributed by atoms with Gasteiger partial charge < -0.3 is 20.3 Å². The Morgan fingerprint density at radius 1 is 1.35 bits per heavy atom. The number of fused-ring (bicyclic) bond motifs is 1. The van der Waals surface area contributed by atoms with Gasteiger partial charge in [-0.25, -0.2) is 0 Å². The van der Waals surface area contributed by atoms with Gasteiger partial charge in [0, 0.05) is 10.4 Å². The van der Waals surface area contributed by atoms with Gasteiger partial charge in [0.15, 0.2) is 0 Å². The van der Waals surface area contributed by atoms with E-state index in [1.807, 2.05) is 13.8 Å². The first-order valence-electron chi connectivity index (χ1n) is 10.2. The molecule has 2 heterocycles. The van der Waals surface area contributed by atoms with E-state index in [1.54, 1.807) is 24.3 Å². The summed E-state index contributed by atoms with van der Waals surface area (Å²) >= 11 is 1.45. The number of benzene rings is 1. The van der Waals surface area contributed by atoms with Crippen LogP contribution in [0.25, 0.3) is 0 Å². The number of aryl methyl sites for hydroxylation is 2. The summed E-state index contributed by atoms with van der Waals surface area (Å²) in [5, 5.41) is 7.34. The van der Waals surface area contributed by atoms with Crippen LogP contribution in [0.5, 0.6) is 5.75 Å². The van der Waals surface area contributed by atoms with Crippen LogP contribution in [0.2, 0.25) is 0 Å². The van der Waals surface area contributed by atoms with Crippen molar-refractivity contribution in [2.24, 2.45) is 11.7 Å². The van der Waals surface area contributed by atoms with Gasteiger partial charge in [0.25, 0.3) is 11.8 Å². The number of hydrogen-bond donors (Lipinski definition) is 2. The molecular formula is C23H25N3O4S. The summed E-state index contributed by atoms with van der Waals surface area (Å²) in [4.78, 5) is 26.2. The van der Waals surface area contributed by atoms with Gasteiger partial charge in [-0.15, -0.1) is 11.3 Å². The van der Waals surface area contributed by atoms with Gasteiger partial charge in [0.1, 0.15) is 23.1 Å². The van der Waals surface area contributed by atoms with Crippen LogP contribution in [0.3, 0.4) is 0 Å². The summed E-state index contributed by atoms with van der Waals surface area (Å²) in [5.74, 6) is 1.02. The Morgan fingerprint density at radius 3 is 2.87 bits per heavy atom. The highest BCUT2D eigenvalue weighted by Gasteiger charge is 2.27. The third-order valence-electron chi connectivity index (χ3n) is 5.65. The minimum Gasteiger partial charge on any atom is -0.489 e. The lowest BCUT2D eigenvalue weighted by Crippen LogP contribution is -2.19. The molecule has 0 saturated carbocycles. The number of rotatable bonds is 6. The van der Waals surface area contributed by atoms with Crippen LogP contribution in [0.4, 0.5) is 5.00 Å². The van der Waals surface area contributed by atoms with E-state index in [0.717, 1.165) is 41.0 Å². The van der Waals surface area contributed by atoms with E-state index in [1.165, 1.54) is 11.3 Å². The average molecular weight is 440 g/mol. The number of hydrogen-bond acceptors (Lipinski definition) is 6. The van der Waals surface area contributed by atoms with Crippen molar-refractivity contribution in [1.82, 2.24) is 5.16 Å². The van der Waals surface area contributed by atoms with E-state index in [4.69, 9.17) is 15.0 Å². The molecule has 2 aromatic heterocycles. The first-order valence-corrected chi connectivity index (χ1v) is 11.1. The fourth-order valence-electron chi connectivity index (χ4n) is 3.87. The summed E-state index contributed by atoms with van der Waals surface area (Å²) < 4.78 is 11.0. The van der Waals surface area contributed by atoms with E-state index in [9.17, 15) is 9.59 Å². The van der Waals surface area contributed by atoms with Crippen LogP contribution in [0.1, 0.15) is 61.5 Å². The fraction of sp³-hybridized carbons (Fsp3) is 0.348. The van der Waals surface area contributed by atoms with Gasteiger partial charge >= 0.3 is 0 Å². The average Bonchev–Trinajstić information content (AvgIpc) is 3.25. The number of primary amides is 1. The lowest BCUT2D eigenvalue weighted by atomic mass is 9.88. The standard InChI is InChI=1S/C23H25N3O4S/c1-12-7-8-17-19(9-12)31-23(20(17)21(24)27)25-22(28)15-5-4-6-16(10-15)29-11-18-13(2)26-30-14(18)3/h4-6,10,12H,7-9,11H2,1-3H3,(H2,24,27)(H,25,28). The molecule has 7 nitrogen and oxygen atoms in total. The normalized spacial score (nSPS) is 15.4. The predicted molar refractivity (Wildman–Crippen MR) is 119 cm³/mol. The molecule has 2 amide bonds. The summed E-state index contributed by atoms with van der Waals surface area (Å²) in [6, 6.07) is 6.92. The molecule has 162 valence electrons. The lowest BCUT2D eigenvalue weighted by molar-refractivity contribution is 0.1000. The third-order valence-corrected chi connectivity index (χ3v) is 6.82. The van der Waals surface area contributed by atoms with Crippen LogP contribution >= 0.6 is 11.3 Å². The zero-order valence-electron chi connectivity index (χ0n) is 17.8. The van der Waals surface area contributed by atoms with Crippen LogP contribution in [0.15, 0.2) is 28.8 Å². The predicted octanol–water partition coefficient (Wildman–Crippen LogP) is 4.41. The number of amides is 2. The van der Waals surface area contributed by atoms with Gasteiger partial charge in [-0.05, 0) is 62.8 Å². The van der Waals surface area contributed by atoms with E-state index >= 15 is 0 Å². The first-order chi connectivity index (χ1) is 14.8. The van der Waals surface area contributed by atoms with Gasteiger partial charge in [-0.2, -0.15) is 0 Å². The minimum absolute atomic E-state index is 0.299. The SMILES string of the molecule is Cc1noc(C)c1COc1cccc(C(=O)Nc2sc3c(c2C(N)=O)CCC(C)C3)c1. The Balaban J connectivity index is 1.52. The monoisotopic (exact) mass is 439 g/mol. The molecule has 0 bridgehead atoms. The molecule has 0 radical (unpaired) electrons. The number of anilines is 1. The number of thiophene rings is 1. The molecule has 1 aromatic carbocycles. The minimum atomic E-state index is -0.501. The fourth-order valence-corrected chi connectivity index (χ4v) is 5.28. The Bertz CT molecular complexity index is 1130. The van der Waals surface area contributed by atoms with Crippen molar-refractivity contribution in [2.75, 3.05) is 5.32 Å². The number of carbonyl (C=O) groups excluding carboxylic acids is 2. The molecule has 1 aliphatic rings. The first kappa shape index (κ1) is 21.1. The number of carbonyl (C=O) groups is 2. The van der Waals surface area contributed by atoms with Crippen LogP contribution in [0, 0.1) is 19.8 Å². The summed E-state index contributed by atoms with van der Waals surface area (Å²) in [7, 11) is 0. The number of ether oxygens (including phenoxy) is 1. The maximum Gasteiger partial charge on any atom is 0.256 e. The molecule has 0 spiro atoms. The van der Waals surface area contributed by atoms with Gasteiger partial charge in [-0.1, -0.05) is 18.1 Å². The zero-order valence-corrected chi connectivity index (χ0v) is 18.6. The van der Waals surface area contributed by atoms with Crippen molar-refractivity contribution in [1.29, 1.82) is 0 Å². The number of nitrogens with one attached hydrogen (secondary N) is 1. The van der Waals surface area contributed by atoms with Gasteiger partial charge in [0.05, 0.1) is 16.8 Å². The van der Waals surface area contributed by atoms with Gasteiger partial charge in [-0.3, -0.25) is 9.59 Å². The topological polar surface area (TPSA) is 107 Å². The summed E-state index contributed by atoms with van der Waals surface area (Å²) in [6.07, 6.45) is 2.73. The highest BCUT2D eigenvalue weighted by atomic mass is 32.1. The Hall–Kier alpha value is -3.13. The maximum absolute atomic E-state index is 12.9. The van der Waals surface area contributed by atoms with E-state index in [-0.39, 0.29) is 5.91 Å². The highest BCUT2D eigenvalue weighted by Crippen LogP contribution is 2.39. The van der Waals surface area contributed by atoms with Crippen molar-refractivity contribution in [2.45, 2.75) is 46.6 Å². The molecular weight excluding hydrogens is 414 g/mol. The number of nitrogens with zero attached hydrogens (tertiary/aromatic N) is 1. The van der Waals surface area contributed by atoms with Crippen LogP contribution in [-0.4, -0.2) is 17.0 Å². The molecule has 3 aromatic rings. The number of nitrogens with two attached hydrogens (primary N) is 1. The van der Waals surface area contributed by atoms with Crippen molar-refractivity contribution in [3.63, 3.8) is 0 Å². The maximum atomic E-state index is 12.9. The van der Waals surface area contributed by atoms with Crippen molar-refractivity contribution in [3.05, 3.63) is 62.9 Å². The second-order valence-electron chi connectivity index (χ2n) is 7.99. The largest absolute Gasteiger partial charge is 0.489 e. The Kier molecular flexibility index (Phi) is 5.82. The van der Waals surface area contributed by atoms with Crippen molar-refractivity contribution < 1.29 is 18.8 Å². The van der Waals surface area contributed by atoms with Crippen molar-refractivity contribution in [3.8, 4) is 5.75 Å².